The van der Waals surface area contributed by atoms with E-state index in [1.54, 1.807) is 22.0 Å². The highest BCUT2D eigenvalue weighted by Crippen LogP contribution is 2.38. The summed E-state index contributed by atoms with van der Waals surface area (Å²) in [7, 11) is -1.92. The van der Waals surface area contributed by atoms with Crippen LogP contribution >= 0.6 is 11.3 Å². The number of nitrogens with zero attached hydrogens (tertiary/aromatic N) is 4. The van der Waals surface area contributed by atoms with Crippen molar-refractivity contribution in [1.82, 2.24) is 18.7 Å². The summed E-state index contributed by atoms with van der Waals surface area (Å²) in [6, 6.07) is 3.80. The average molecular weight is 441 g/mol. The zero-order chi connectivity index (χ0) is 20.6. The van der Waals surface area contributed by atoms with Gasteiger partial charge in [0.1, 0.15) is 10.0 Å². The summed E-state index contributed by atoms with van der Waals surface area (Å²) in [5.41, 5.74) is -0.106. The molecular weight excluding hydrogens is 412 g/mol. The predicted molar refractivity (Wildman–Crippen MR) is 111 cm³/mol. The van der Waals surface area contributed by atoms with E-state index in [1.165, 1.54) is 16.0 Å². The van der Waals surface area contributed by atoms with Crippen LogP contribution in [0.15, 0.2) is 21.1 Å². The summed E-state index contributed by atoms with van der Waals surface area (Å²) in [5, 5.41) is 4.61. The number of methoxy groups -OCH3 is 1. The second-order valence-corrected chi connectivity index (χ2v) is 11.1. The lowest BCUT2D eigenvalue weighted by Gasteiger charge is -2.31. The molecule has 0 amide bonds. The molecule has 4 rings (SSSR count). The maximum Gasteiger partial charge on any atom is 0.346 e. The molecule has 1 unspecified atom stereocenters. The van der Waals surface area contributed by atoms with Gasteiger partial charge < -0.3 is 4.74 Å². The molecule has 8 nitrogen and oxygen atoms in total. The SMILES string of the molecule is CCc1ccc(S(=O)(=O)N2CCCC(c3nn(CCOC)c(=O)n3C3CC3)C2)s1. The Bertz CT molecular complexity index is 1020. The Kier molecular flexibility index (Phi) is 5.97. The van der Waals surface area contributed by atoms with E-state index in [2.05, 4.69) is 5.10 Å². The van der Waals surface area contributed by atoms with Crippen molar-refractivity contribution in [3.63, 3.8) is 0 Å². The van der Waals surface area contributed by atoms with E-state index in [9.17, 15) is 13.2 Å². The van der Waals surface area contributed by atoms with Gasteiger partial charge in [-0.25, -0.2) is 17.9 Å². The van der Waals surface area contributed by atoms with Crippen LogP contribution < -0.4 is 5.69 Å². The van der Waals surface area contributed by atoms with E-state index in [4.69, 9.17) is 4.74 Å². The first kappa shape index (κ1) is 20.8. The topological polar surface area (TPSA) is 86.4 Å². The van der Waals surface area contributed by atoms with Crippen molar-refractivity contribution in [2.75, 3.05) is 26.8 Å². The molecule has 2 aromatic rings. The van der Waals surface area contributed by atoms with Crippen LogP contribution in [0.1, 0.15) is 55.3 Å². The van der Waals surface area contributed by atoms with Crippen molar-refractivity contribution < 1.29 is 13.2 Å². The van der Waals surface area contributed by atoms with E-state index in [-0.39, 0.29) is 17.6 Å². The van der Waals surface area contributed by atoms with E-state index in [1.807, 2.05) is 13.0 Å². The summed E-state index contributed by atoms with van der Waals surface area (Å²) in [6.07, 6.45) is 4.39. The van der Waals surface area contributed by atoms with Crippen LogP contribution in [0.25, 0.3) is 0 Å². The highest BCUT2D eigenvalue weighted by molar-refractivity contribution is 7.91. The first-order valence-corrected chi connectivity index (χ1v) is 12.5. The molecule has 2 aliphatic rings. The number of piperidine rings is 1. The molecule has 10 heteroatoms. The summed E-state index contributed by atoms with van der Waals surface area (Å²) < 4.78 is 36.7. The molecule has 1 saturated heterocycles. The Balaban J connectivity index is 1.61. The Hall–Kier alpha value is -1.49. The van der Waals surface area contributed by atoms with Gasteiger partial charge in [0.15, 0.2) is 0 Å². The first-order chi connectivity index (χ1) is 14.0. The average Bonchev–Trinajstić information content (AvgIpc) is 3.33. The van der Waals surface area contributed by atoms with Crippen molar-refractivity contribution in [1.29, 1.82) is 0 Å². The summed E-state index contributed by atoms with van der Waals surface area (Å²) in [4.78, 5) is 13.9. The quantitative estimate of drug-likeness (QED) is 0.628. The number of aryl methyl sites for hydroxylation is 1. The van der Waals surface area contributed by atoms with Crippen LogP contribution in [-0.2, 0) is 27.7 Å². The van der Waals surface area contributed by atoms with E-state index in [0.717, 1.165) is 42.8 Å². The molecule has 0 N–H and O–H groups in total. The van der Waals surface area contributed by atoms with Gasteiger partial charge in [-0.3, -0.25) is 4.57 Å². The van der Waals surface area contributed by atoms with Crippen LogP contribution in [0.2, 0.25) is 0 Å². The fourth-order valence-corrected chi connectivity index (χ4v) is 6.87. The van der Waals surface area contributed by atoms with Crippen LogP contribution in [-0.4, -0.2) is 53.9 Å². The van der Waals surface area contributed by atoms with Crippen LogP contribution in [0.3, 0.4) is 0 Å². The Labute approximate surface area is 175 Å². The molecule has 29 heavy (non-hydrogen) atoms. The summed E-state index contributed by atoms with van der Waals surface area (Å²) in [5.74, 6) is 0.662. The number of ether oxygens (including phenoxy) is 1. The summed E-state index contributed by atoms with van der Waals surface area (Å²) >= 11 is 1.35. The number of rotatable bonds is 8. The Morgan fingerprint density at radius 3 is 2.72 bits per heavy atom. The molecule has 2 aromatic heterocycles. The lowest BCUT2D eigenvalue weighted by molar-refractivity contribution is 0.182. The largest absolute Gasteiger partial charge is 0.383 e. The molecule has 0 aromatic carbocycles. The minimum absolute atomic E-state index is 0.0683. The van der Waals surface area contributed by atoms with Gasteiger partial charge in [0.05, 0.1) is 13.2 Å². The fourth-order valence-electron chi connectivity index (χ4n) is 3.90. The highest BCUT2D eigenvalue weighted by atomic mass is 32.2. The molecule has 1 atom stereocenters. The number of aromatic nitrogens is 3. The maximum atomic E-state index is 13.2. The molecule has 0 radical (unpaired) electrons. The number of hydrogen-bond donors (Lipinski definition) is 0. The van der Waals surface area contributed by atoms with Crippen molar-refractivity contribution in [3.05, 3.63) is 33.3 Å². The second kappa shape index (κ2) is 8.33. The van der Waals surface area contributed by atoms with Gasteiger partial charge >= 0.3 is 5.69 Å². The van der Waals surface area contributed by atoms with Gasteiger partial charge in [-0.1, -0.05) is 6.92 Å². The van der Waals surface area contributed by atoms with E-state index >= 15 is 0 Å². The van der Waals surface area contributed by atoms with E-state index < -0.39 is 10.0 Å². The standard InChI is InChI=1S/C19H28N4O4S2/c1-3-16-8-9-17(28-16)29(25,26)21-10-4-5-14(13-21)18-20-22(11-12-27-2)19(24)23(18)15-6-7-15/h8-9,14-15H,3-7,10-13H2,1-2H3. The van der Waals surface area contributed by atoms with Gasteiger partial charge in [-0.15, -0.1) is 11.3 Å². The minimum atomic E-state index is -3.52. The molecule has 2 fully saturated rings. The molecule has 1 saturated carbocycles. The Morgan fingerprint density at radius 1 is 1.28 bits per heavy atom. The zero-order valence-corrected chi connectivity index (χ0v) is 18.5. The molecule has 1 aliphatic heterocycles. The third-order valence-electron chi connectivity index (χ3n) is 5.64. The van der Waals surface area contributed by atoms with Gasteiger partial charge in [0.25, 0.3) is 10.0 Å². The molecule has 0 spiro atoms. The third-order valence-corrected chi connectivity index (χ3v) is 9.21. The molecule has 1 aliphatic carbocycles. The maximum absolute atomic E-state index is 13.2. The van der Waals surface area contributed by atoms with Crippen molar-refractivity contribution in [2.24, 2.45) is 0 Å². The third kappa shape index (κ3) is 4.08. The zero-order valence-electron chi connectivity index (χ0n) is 16.9. The normalized spacial score (nSPS) is 21.0. The highest BCUT2D eigenvalue weighted by Gasteiger charge is 2.37. The second-order valence-electron chi connectivity index (χ2n) is 7.73. The van der Waals surface area contributed by atoms with E-state index in [0.29, 0.717) is 30.5 Å². The monoisotopic (exact) mass is 440 g/mol. The number of thiophene rings is 1. The summed E-state index contributed by atoms with van der Waals surface area (Å²) in [6.45, 7) is 3.73. The van der Waals surface area contributed by atoms with Crippen molar-refractivity contribution >= 4 is 21.4 Å². The first-order valence-electron chi connectivity index (χ1n) is 10.2. The van der Waals surface area contributed by atoms with Crippen LogP contribution in [0.5, 0.6) is 0 Å². The fraction of sp³-hybridized carbons (Fsp3) is 0.684. The number of sulfonamides is 1. The Morgan fingerprint density at radius 2 is 2.07 bits per heavy atom. The van der Waals surface area contributed by atoms with Crippen LogP contribution in [0, 0.1) is 0 Å². The lowest BCUT2D eigenvalue weighted by atomic mass is 9.99. The van der Waals surface area contributed by atoms with Gasteiger partial charge in [-0.05, 0) is 44.2 Å². The van der Waals surface area contributed by atoms with Gasteiger partial charge in [0.2, 0.25) is 0 Å². The molecule has 3 heterocycles. The van der Waals surface area contributed by atoms with Crippen molar-refractivity contribution in [3.8, 4) is 0 Å². The molecule has 0 bridgehead atoms. The molecular formula is C19H28N4O4S2. The lowest BCUT2D eigenvalue weighted by Crippen LogP contribution is -2.39. The van der Waals surface area contributed by atoms with Crippen molar-refractivity contribution in [2.45, 2.75) is 61.7 Å². The smallest absolute Gasteiger partial charge is 0.346 e. The van der Waals surface area contributed by atoms with Crippen LogP contribution in [0.4, 0.5) is 0 Å². The molecule has 160 valence electrons. The predicted octanol–water partition coefficient (Wildman–Crippen LogP) is 2.22. The van der Waals surface area contributed by atoms with Gasteiger partial charge in [-0.2, -0.15) is 9.40 Å². The van der Waals surface area contributed by atoms with Gasteiger partial charge in [0, 0.05) is 37.0 Å². The number of hydrogen-bond acceptors (Lipinski definition) is 6. The minimum Gasteiger partial charge on any atom is -0.383 e.